The van der Waals surface area contributed by atoms with E-state index in [1.165, 1.54) is 0 Å². The number of rotatable bonds is 8. The Morgan fingerprint density at radius 2 is 1.95 bits per heavy atom. The van der Waals surface area contributed by atoms with E-state index < -0.39 is 0 Å². The summed E-state index contributed by atoms with van der Waals surface area (Å²) in [5.74, 6) is 0.209. The van der Waals surface area contributed by atoms with Gasteiger partial charge in [0.15, 0.2) is 6.61 Å². The van der Waals surface area contributed by atoms with E-state index in [0.29, 0.717) is 24.5 Å². The summed E-state index contributed by atoms with van der Waals surface area (Å²) in [7, 11) is 0. The summed E-state index contributed by atoms with van der Waals surface area (Å²) >= 11 is 0. The minimum absolute atomic E-state index is 0.0658. The van der Waals surface area contributed by atoms with E-state index in [1.54, 1.807) is 24.3 Å². The Bertz CT molecular complexity index is 449. The van der Waals surface area contributed by atoms with E-state index in [1.807, 2.05) is 6.92 Å². The Labute approximate surface area is 118 Å². The van der Waals surface area contributed by atoms with Gasteiger partial charge in [-0.2, -0.15) is 0 Å². The fourth-order valence-electron chi connectivity index (χ4n) is 1.47. The summed E-state index contributed by atoms with van der Waals surface area (Å²) in [6.45, 7) is 2.84. The lowest BCUT2D eigenvalue weighted by Gasteiger charge is -2.08. The number of nitrogen functional groups attached to an aromatic ring is 1. The summed E-state index contributed by atoms with van der Waals surface area (Å²) in [4.78, 5) is 22.8. The Kier molecular flexibility index (Phi) is 6.95. The standard InChI is InChI=1S/C14H21N3O3/c1-2-7-16-13(18)6-8-17-14(19)10-20-12-5-3-4-11(15)9-12/h3-5,9H,2,6-8,10,15H2,1H3,(H,16,18)(H,17,19). The van der Waals surface area contributed by atoms with E-state index in [9.17, 15) is 9.59 Å². The second-order valence-electron chi connectivity index (χ2n) is 4.31. The van der Waals surface area contributed by atoms with Crippen molar-refractivity contribution in [2.24, 2.45) is 0 Å². The van der Waals surface area contributed by atoms with Crippen LogP contribution in [0.1, 0.15) is 19.8 Å². The van der Waals surface area contributed by atoms with Gasteiger partial charge in [-0.3, -0.25) is 9.59 Å². The van der Waals surface area contributed by atoms with E-state index in [0.717, 1.165) is 6.42 Å². The third-order valence-corrected chi connectivity index (χ3v) is 2.47. The number of carbonyl (C=O) groups excluding carboxylic acids is 2. The smallest absolute Gasteiger partial charge is 0.257 e. The largest absolute Gasteiger partial charge is 0.484 e. The van der Waals surface area contributed by atoms with Gasteiger partial charge in [0, 0.05) is 31.3 Å². The predicted octanol–water partition coefficient (Wildman–Crippen LogP) is 0.680. The lowest BCUT2D eigenvalue weighted by Crippen LogP contribution is -2.33. The molecule has 0 unspecified atom stereocenters. The molecule has 0 bridgehead atoms. The average molecular weight is 279 g/mol. The molecule has 0 atom stereocenters. The third-order valence-electron chi connectivity index (χ3n) is 2.47. The van der Waals surface area contributed by atoms with E-state index >= 15 is 0 Å². The topological polar surface area (TPSA) is 93.5 Å². The molecule has 0 heterocycles. The van der Waals surface area contributed by atoms with Crippen LogP contribution >= 0.6 is 0 Å². The van der Waals surface area contributed by atoms with Crippen LogP contribution in [0.3, 0.4) is 0 Å². The molecule has 0 aromatic heterocycles. The minimum atomic E-state index is -0.268. The van der Waals surface area contributed by atoms with Gasteiger partial charge in [0.25, 0.3) is 5.91 Å². The maximum atomic E-state index is 11.5. The van der Waals surface area contributed by atoms with Gasteiger partial charge < -0.3 is 21.1 Å². The molecule has 4 N–H and O–H groups in total. The summed E-state index contributed by atoms with van der Waals surface area (Å²) in [5, 5.41) is 5.35. The molecule has 0 saturated carbocycles. The Morgan fingerprint density at radius 1 is 1.20 bits per heavy atom. The van der Waals surface area contributed by atoms with Crippen LogP contribution in [0, 0.1) is 0 Å². The van der Waals surface area contributed by atoms with E-state index in [4.69, 9.17) is 10.5 Å². The molecule has 0 aliphatic heterocycles. The van der Waals surface area contributed by atoms with Gasteiger partial charge in [0.2, 0.25) is 5.91 Å². The number of amides is 2. The fraction of sp³-hybridized carbons (Fsp3) is 0.429. The Hall–Kier alpha value is -2.24. The van der Waals surface area contributed by atoms with Gasteiger partial charge in [-0.1, -0.05) is 13.0 Å². The molecule has 20 heavy (non-hydrogen) atoms. The number of carbonyl (C=O) groups is 2. The summed E-state index contributed by atoms with van der Waals surface area (Å²) in [6.07, 6.45) is 1.16. The quantitative estimate of drug-likeness (QED) is 0.610. The Balaban J connectivity index is 2.16. The molecule has 0 spiro atoms. The van der Waals surface area contributed by atoms with Crippen molar-refractivity contribution in [2.75, 3.05) is 25.4 Å². The molecule has 0 fully saturated rings. The van der Waals surface area contributed by atoms with Crippen LogP contribution in [0.4, 0.5) is 5.69 Å². The summed E-state index contributed by atoms with van der Waals surface area (Å²) < 4.78 is 5.28. The van der Waals surface area contributed by atoms with Crippen LogP contribution in [0.25, 0.3) is 0 Å². The van der Waals surface area contributed by atoms with Crippen molar-refractivity contribution >= 4 is 17.5 Å². The van der Waals surface area contributed by atoms with E-state index in [2.05, 4.69) is 10.6 Å². The molecular weight excluding hydrogens is 258 g/mol. The molecule has 0 radical (unpaired) electrons. The van der Waals surface area contributed by atoms with Crippen molar-refractivity contribution in [2.45, 2.75) is 19.8 Å². The van der Waals surface area contributed by atoms with Crippen molar-refractivity contribution < 1.29 is 14.3 Å². The number of ether oxygens (including phenoxy) is 1. The second-order valence-corrected chi connectivity index (χ2v) is 4.31. The number of nitrogens with two attached hydrogens (primary N) is 1. The Morgan fingerprint density at radius 3 is 2.65 bits per heavy atom. The number of hydrogen-bond acceptors (Lipinski definition) is 4. The molecule has 6 nitrogen and oxygen atoms in total. The highest BCUT2D eigenvalue weighted by Gasteiger charge is 2.04. The minimum Gasteiger partial charge on any atom is -0.484 e. The number of benzene rings is 1. The molecule has 1 aromatic rings. The zero-order chi connectivity index (χ0) is 14.8. The third kappa shape index (κ3) is 6.63. The maximum absolute atomic E-state index is 11.5. The van der Waals surface area contributed by atoms with Gasteiger partial charge >= 0.3 is 0 Å². The summed E-state index contributed by atoms with van der Waals surface area (Å²) in [5.41, 5.74) is 6.17. The van der Waals surface area contributed by atoms with E-state index in [-0.39, 0.29) is 24.8 Å². The molecule has 0 aliphatic rings. The highest BCUT2D eigenvalue weighted by molar-refractivity contribution is 5.79. The highest BCUT2D eigenvalue weighted by Crippen LogP contribution is 2.13. The van der Waals surface area contributed by atoms with Gasteiger partial charge in [-0.15, -0.1) is 0 Å². The van der Waals surface area contributed by atoms with Crippen LogP contribution in [-0.4, -0.2) is 31.5 Å². The number of nitrogens with one attached hydrogen (secondary N) is 2. The zero-order valence-corrected chi connectivity index (χ0v) is 11.6. The molecule has 6 heteroatoms. The molecule has 110 valence electrons. The second kappa shape index (κ2) is 8.79. The molecule has 1 aromatic carbocycles. The van der Waals surface area contributed by atoms with Crippen molar-refractivity contribution in [1.29, 1.82) is 0 Å². The molecular formula is C14H21N3O3. The monoisotopic (exact) mass is 279 g/mol. The van der Waals surface area contributed by atoms with Crippen LogP contribution in [-0.2, 0) is 9.59 Å². The van der Waals surface area contributed by atoms with Crippen molar-refractivity contribution in [3.05, 3.63) is 24.3 Å². The van der Waals surface area contributed by atoms with Gasteiger partial charge in [0.05, 0.1) is 0 Å². The van der Waals surface area contributed by atoms with Crippen molar-refractivity contribution in [3.63, 3.8) is 0 Å². The summed E-state index contributed by atoms with van der Waals surface area (Å²) in [6, 6.07) is 6.86. The van der Waals surface area contributed by atoms with Gasteiger partial charge in [0.1, 0.15) is 5.75 Å². The molecule has 2 amide bonds. The number of hydrogen-bond donors (Lipinski definition) is 3. The molecule has 1 rings (SSSR count). The fourth-order valence-corrected chi connectivity index (χ4v) is 1.47. The lowest BCUT2D eigenvalue weighted by atomic mass is 10.3. The first-order valence-corrected chi connectivity index (χ1v) is 6.63. The first-order chi connectivity index (χ1) is 9.61. The molecule has 0 aliphatic carbocycles. The van der Waals surface area contributed by atoms with Gasteiger partial charge in [-0.25, -0.2) is 0 Å². The van der Waals surface area contributed by atoms with Crippen LogP contribution < -0.4 is 21.1 Å². The number of anilines is 1. The molecule has 0 saturated heterocycles. The zero-order valence-electron chi connectivity index (χ0n) is 11.6. The predicted molar refractivity (Wildman–Crippen MR) is 77.3 cm³/mol. The maximum Gasteiger partial charge on any atom is 0.257 e. The highest BCUT2D eigenvalue weighted by atomic mass is 16.5. The average Bonchev–Trinajstić information content (AvgIpc) is 2.43. The first kappa shape index (κ1) is 15.8. The van der Waals surface area contributed by atoms with Crippen LogP contribution in [0.2, 0.25) is 0 Å². The van der Waals surface area contributed by atoms with Crippen LogP contribution in [0.15, 0.2) is 24.3 Å². The SMILES string of the molecule is CCCNC(=O)CCNC(=O)COc1cccc(N)c1. The first-order valence-electron chi connectivity index (χ1n) is 6.63. The van der Waals surface area contributed by atoms with Crippen molar-refractivity contribution in [1.82, 2.24) is 10.6 Å². The van der Waals surface area contributed by atoms with Crippen molar-refractivity contribution in [3.8, 4) is 5.75 Å². The van der Waals surface area contributed by atoms with Gasteiger partial charge in [-0.05, 0) is 18.6 Å². The lowest BCUT2D eigenvalue weighted by molar-refractivity contribution is -0.123. The normalized spacial score (nSPS) is 9.85. The van der Waals surface area contributed by atoms with Crippen LogP contribution in [0.5, 0.6) is 5.75 Å².